The number of halogens is 4. The lowest BCUT2D eigenvalue weighted by atomic mass is 10.0. The molecule has 1 unspecified atom stereocenters. The van der Waals surface area contributed by atoms with Gasteiger partial charge in [-0.3, -0.25) is 9.69 Å². The molecule has 1 aliphatic heterocycles. The van der Waals surface area contributed by atoms with E-state index in [-0.39, 0.29) is 41.7 Å². The number of benzene rings is 1. The van der Waals surface area contributed by atoms with Crippen molar-refractivity contribution >= 4 is 23.2 Å². The number of piperazine rings is 1. The predicted molar refractivity (Wildman–Crippen MR) is 146 cm³/mol. The second kappa shape index (κ2) is 11.3. The van der Waals surface area contributed by atoms with Crippen LogP contribution in [0.2, 0.25) is 5.15 Å². The van der Waals surface area contributed by atoms with Crippen molar-refractivity contribution in [2.45, 2.75) is 32.1 Å². The second-order valence-corrected chi connectivity index (χ2v) is 10.2. The Morgan fingerprint density at radius 2 is 1.95 bits per heavy atom. The average Bonchev–Trinajstić information content (AvgIpc) is 3.36. The first-order chi connectivity index (χ1) is 19.5. The molecule has 41 heavy (non-hydrogen) atoms. The van der Waals surface area contributed by atoms with Crippen LogP contribution >= 0.6 is 11.6 Å². The van der Waals surface area contributed by atoms with E-state index in [9.17, 15) is 23.1 Å². The molecule has 13 heteroatoms. The van der Waals surface area contributed by atoms with Gasteiger partial charge in [0.05, 0.1) is 31.6 Å². The molecule has 5 rings (SSSR count). The second-order valence-electron chi connectivity index (χ2n) is 9.88. The van der Waals surface area contributed by atoms with E-state index in [1.54, 1.807) is 47.5 Å². The summed E-state index contributed by atoms with van der Waals surface area (Å²) in [5.41, 5.74) is -0.0892. The molecule has 1 aliphatic rings. The Morgan fingerprint density at radius 3 is 2.56 bits per heavy atom. The fraction of sp³-hybridized carbons (Fsp3) is 0.357. The van der Waals surface area contributed by atoms with E-state index < -0.39 is 23.8 Å². The minimum Gasteiger partial charge on any atom is -0.497 e. The smallest absolute Gasteiger partial charge is 0.433 e. The highest BCUT2D eigenvalue weighted by Crippen LogP contribution is 2.37. The molecule has 4 heterocycles. The Labute approximate surface area is 239 Å². The van der Waals surface area contributed by atoms with E-state index in [1.807, 2.05) is 11.8 Å². The summed E-state index contributed by atoms with van der Waals surface area (Å²) in [6.07, 6.45) is -2.04. The van der Waals surface area contributed by atoms with Gasteiger partial charge in [0.1, 0.15) is 16.5 Å². The number of pyridine rings is 1. The Hall–Kier alpha value is -3.74. The number of aliphatic hydroxyl groups excluding tert-OH is 1. The van der Waals surface area contributed by atoms with Crippen LogP contribution in [0.3, 0.4) is 0 Å². The molecule has 3 aromatic heterocycles. The number of aliphatic hydroxyl groups is 1. The number of rotatable bonds is 6. The Morgan fingerprint density at radius 1 is 1.22 bits per heavy atom. The topological polar surface area (TPSA) is 96.1 Å². The normalized spacial score (nSPS) is 17.2. The maximum absolute atomic E-state index is 14.3. The van der Waals surface area contributed by atoms with Gasteiger partial charge >= 0.3 is 6.18 Å². The van der Waals surface area contributed by atoms with E-state index in [4.69, 9.17) is 16.3 Å². The summed E-state index contributed by atoms with van der Waals surface area (Å²) in [7, 11) is 1.50. The van der Waals surface area contributed by atoms with E-state index in [2.05, 4.69) is 15.1 Å². The van der Waals surface area contributed by atoms with Crippen LogP contribution < -0.4 is 4.74 Å². The molecular weight excluding hydrogens is 561 g/mol. The molecule has 1 amide bonds. The fourth-order valence-electron chi connectivity index (χ4n) is 5.37. The summed E-state index contributed by atoms with van der Waals surface area (Å²) in [6.45, 7) is 4.07. The SMILES string of the molecule is COc1ccc(-c2nc3c(C(=O)N4CCN(C(CO)c5cccnc5Cl)C[C@H]4C)cnn3c(C(F)(F)F)c2C)cc1. The van der Waals surface area contributed by atoms with Gasteiger partial charge in [-0.2, -0.15) is 18.3 Å². The highest BCUT2D eigenvalue weighted by Gasteiger charge is 2.40. The number of alkyl halides is 3. The van der Waals surface area contributed by atoms with Crippen molar-refractivity contribution in [1.29, 1.82) is 0 Å². The molecule has 1 N–H and O–H groups in total. The number of fused-ring (bicyclic) bond motifs is 1. The molecule has 9 nitrogen and oxygen atoms in total. The molecule has 1 saturated heterocycles. The highest BCUT2D eigenvalue weighted by molar-refractivity contribution is 6.30. The van der Waals surface area contributed by atoms with Gasteiger partial charge in [-0.1, -0.05) is 17.7 Å². The number of carbonyl (C=O) groups is 1. The lowest BCUT2D eigenvalue weighted by Gasteiger charge is -2.43. The summed E-state index contributed by atoms with van der Waals surface area (Å²) in [5.74, 6) is 0.0726. The van der Waals surface area contributed by atoms with Crippen LogP contribution in [0.1, 0.15) is 40.1 Å². The molecule has 216 valence electrons. The molecule has 0 bridgehead atoms. The van der Waals surface area contributed by atoms with Crippen LogP contribution in [0.5, 0.6) is 5.75 Å². The minimum atomic E-state index is -4.75. The number of methoxy groups -OCH3 is 1. The molecular formula is C28H28ClF3N6O3. The Kier molecular flexibility index (Phi) is 7.91. The van der Waals surface area contributed by atoms with Crippen molar-refractivity contribution in [3.8, 4) is 17.0 Å². The van der Waals surface area contributed by atoms with Crippen molar-refractivity contribution in [3.63, 3.8) is 0 Å². The number of aromatic nitrogens is 4. The van der Waals surface area contributed by atoms with Crippen LogP contribution in [-0.2, 0) is 6.18 Å². The molecule has 4 aromatic rings. The van der Waals surface area contributed by atoms with Crippen molar-refractivity contribution in [1.82, 2.24) is 29.4 Å². The Bertz CT molecular complexity index is 1580. The van der Waals surface area contributed by atoms with Gasteiger partial charge in [-0.15, -0.1) is 0 Å². The van der Waals surface area contributed by atoms with E-state index in [0.29, 0.717) is 39.6 Å². The van der Waals surface area contributed by atoms with Gasteiger partial charge in [-0.05, 0) is 44.2 Å². The van der Waals surface area contributed by atoms with Crippen LogP contribution in [0.4, 0.5) is 13.2 Å². The first kappa shape index (κ1) is 28.8. The monoisotopic (exact) mass is 588 g/mol. The largest absolute Gasteiger partial charge is 0.497 e. The summed E-state index contributed by atoms with van der Waals surface area (Å²) in [4.78, 5) is 26.0. The predicted octanol–water partition coefficient (Wildman–Crippen LogP) is 4.66. The molecule has 0 saturated carbocycles. The standard InChI is InChI=1S/C28H28ClF3N6O3/c1-16-14-36(22(15-39)20-5-4-10-33-25(20)29)11-12-37(16)27(40)21-13-34-38-24(28(30,31)32)17(2)23(35-26(21)38)18-6-8-19(41-3)9-7-18/h4-10,13,16,22,39H,11-12,14-15H2,1-3H3/t16-,22?/m1/s1. The van der Waals surface area contributed by atoms with Gasteiger partial charge in [0.2, 0.25) is 0 Å². The fourth-order valence-corrected chi connectivity index (χ4v) is 5.62. The van der Waals surface area contributed by atoms with Crippen molar-refractivity contribution in [2.24, 2.45) is 0 Å². The van der Waals surface area contributed by atoms with Crippen molar-refractivity contribution in [3.05, 3.63) is 76.3 Å². The quantitative estimate of drug-likeness (QED) is 0.327. The Balaban J connectivity index is 1.49. The summed E-state index contributed by atoms with van der Waals surface area (Å²) < 4.78 is 48.8. The van der Waals surface area contributed by atoms with Crippen molar-refractivity contribution < 1.29 is 27.8 Å². The zero-order valence-electron chi connectivity index (χ0n) is 22.6. The molecule has 2 atom stereocenters. The van der Waals surface area contributed by atoms with Crippen LogP contribution in [0, 0.1) is 6.92 Å². The number of ether oxygens (including phenoxy) is 1. The van der Waals surface area contributed by atoms with Gasteiger partial charge in [0.25, 0.3) is 5.91 Å². The zero-order valence-corrected chi connectivity index (χ0v) is 23.3. The van der Waals surface area contributed by atoms with E-state index in [0.717, 1.165) is 6.20 Å². The molecule has 0 radical (unpaired) electrons. The molecule has 1 aromatic carbocycles. The summed E-state index contributed by atoms with van der Waals surface area (Å²) in [5, 5.41) is 14.4. The third-order valence-corrected chi connectivity index (χ3v) is 7.74. The summed E-state index contributed by atoms with van der Waals surface area (Å²) in [6, 6.07) is 9.30. The molecule has 1 fully saturated rings. The maximum atomic E-state index is 14.3. The third kappa shape index (κ3) is 5.34. The zero-order chi connectivity index (χ0) is 29.5. The number of carbonyl (C=O) groups excluding carboxylic acids is 1. The molecule has 0 spiro atoms. The van der Waals surface area contributed by atoms with Gasteiger partial charge in [0, 0.05) is 48.6 Å². The van der Waals surface area contributed by atoms with Crippen molar-refractivity contribution in [2.75, 3.05) is 33.4 Å². The third-order valence-electron chi connectivity index (χ3n) is 7.43. The van der Waals surface area contributed by atoms with Crippen LogP contribution in [0.25, 0.3) is 16.9 Å². The molecule has 0 aliphatic carbocycles. The maximum Gasteiger partial charge on any atom is 0.433 e. The number of hydrogen-bond donors (Lipinski definition) is 1. The van der Waals surface area contributed by atoms with Crippen LogP contribution in [0.15, 0.2) is 48.8 Å². The first-order valence-corrected chi connectivity index (χ1v) is 13.3. The number of hydrogen-bond acceptors (Lipinski definition) is 7. The van der Waals surface area contributed by atoms with E-state index >= 15 is 0 Å². The minimum absolute atomic E-state index is 0.0282. The van der Waals surface area contributed by atoms with Gasteiger partial charge in [0.15, 0.2) is 11.3 Å². The van der Waals surface area contributed by atoms with Gasteiger partial charge in [-0.25, -0.2) is 14.5 Å². The number of nitrogens with zero attached hydrogens (tertiary/aromatic N) is 6. The number of amides is 1. The highest BCUT2D eigenvalue weighted by atomic mass is 35.5. The lowest BCUT2D eigenvalue weighted by Crippen LogP contribution is -2.55. The van der Waals surface area contributed by atoms with E-state index in [1.165, 1.54) is 14.0 Å². The summed E-state index contributed by atoms with van der Waals surface area (Å²) >= 11 is 6.27. The van der Waals surface area contributed by atoms with Gasteiger partial charge < -0.3 is 14.7 Å². The average molecular weight is 589 g/mol. The lowest BCUT2D eigenvalue weighted by molar-refractivity contribution is -0.143. The van der Waals surface area contributed by atoms with Crippen LogP contribution in [-0.4, -0.2) is 79.8 Å². The first-order valence-electron chi connectivity index (χ1n) is 12.9.